The molecule has 0 aliphatic rings. The number of carbonyl (C=O) groups excluding carboxylic acids is 1. The Balaban J connectivity index is 2.01. The van der Waals surface area contributed by atoms with Crippen molar-refractivity contribution in [3.8, 4) is 0 Å². The number of anilines is 2. The fourth-order valence-corrected chi connectivity index (χ4v) is 1.93. The van der Waals surface area contributed by atoms with E-state index < -0.39 is 11.0 Å². The molecule has 2 amide bonds. The van der Waals surface area contributed by atoms with E-state index in [2.05, 4.69) is 26.6 Å². The molecule has 21 heavy (non-hydrogen) atoms. The Morgan fingerprint density at radius 3 is 2.24 bits per heavy atom. The van der Waals surface area contributed by atoms with Crippen molar-refractivity contribution in [2.75, 3.05) is 10.6 Å². The predicted octanol–water partition coefficient (Wildman–Crippen LogP) is 4.31. The smallest absolute Gasteiger partial charge is 0.308 e. The third kappa shape index (κ3) is 4.03. The summed E-state index contributed by atoms with van der Waals surface area (Å²) in [7, 11) is 0. The van der Waals surface area contributed by atoms with Gasteiger partial charge in [-0.05, 0) is 42.8 Å². The normalized spacial score (nSPS) is 10.0. The summed E-state index contributed by atoms with van der Waals surface area (Å²) in [5.74, 6) is 0. The van der Waals surface area contributed by atoms with Crippen LogP contribution in [-0.4, -0.2) is 11.0 Å². The van der Waals surface area contributed by atoms with E-state index in [9.17, 15) is 14.9 Å². The van der Waals surface area contributed by atoms with Gasteiger partial charge in [-0.2, -0.15) is 0 Å². The molecule has 2 aromatic carbocycles. The van der Waals surface area contributed by atoms with Crippen LogP contribution < -0.4 is 10.6 Å². The largest absolute Gasteiger partial charge is 0.323 e. The molecule has 0 radical (unpaired) electrons. The van der Waals surface area contributed by atoms with Crippen LogP contribution in [0.1, 0.15) is 5.56 Å². The lowest BCUT2D eigenvalue weighted by Crippen LogP contribution is -2.19. The first-order valence-electron chi connectivity index (χ1n) is 6.04. The predicted molar refractivity (Wildman–Crippen MR) is 84.6 cm³/mol. The quantitative estimate of drug-likeness (QED) is 0.639. The Morgan fingerprint density at radius 1 is 1.10 bits per heavy atom. The van der Waals surface area contributed by atoms with E-state index in [0.717, 1.165) is 10.0 Å². The summed E-state index contributed by atoms with van der Waals surface area (Å²) < 4.78 is 0.962. The molecule has 0 aliphatic carbocycles. The van der Waals surface area contributed by atoms with E-state index in [-0.39, 0.29) is 5.69 Å². The van der Waals surface area contributed by atoms with Crippen LogP contribution in [-0.2, 0) is 0 Å². The molecule has 0 atom stereocenters. The van der Waals surface area contributed by atoms with Crippen molar-refractivity contribution in [2.45, 2.75) is 6.92 Å². The van der Waals surface area contributed by atoms with Gasteiger partial charge >= 0.3 is 6.03 Å². The number of halogens is 1. The fourth-order valence-electron chi connectivity index (χ4n) is 1.68. The van der Waals surface area contributed by atoms with Crippen LogP contribution in [0.2, 0.25) is 0 Å². The number of amides is 2. The summed E-state index contributed by atoms with van der Waals surface area (Å²) >= 11 is 3.38. The van der Waals surface area contributed by atoms with Gasteiger partial charge in [0.1, 0.15) is 0 Å². The Hall–Kier alpha value is -2.41. The minimum atomic E-state index is -0.492. The Bertz CT molecular complexity index is 686. The monoisotopic (exact) mass is 349 g/mol. The van der Waals surface area contributed by atoms with E-state index in [4.69, 9.17) is 0 Å². The number of rotatable bonds is 3. The highest BCUT2D eigenvalue weighted by atomic mass is 79.9. The van der Waals surface area contributed by atoms with Crippen molar-refractivity contribution in [3.63, 3.8) is 0 Å². The Morgan fingerprint density at radius 2 is 1.67 bits per heavy atom. The van der Waals surface area contributed by atoms with Crippen LogP contribution >= 0.6 is 15.9 Å². The number of nitro groups is 1. The number of aryl methyl sites for hydroxylation is 1. The van der Waals surface area contributed by atoms with E-state index in [0.29, 0.717) is 11.4 Å². The van der Waals surface area contributed by atoms with Gasteiger partial charge in [0.25, 0.3) is 5.69 Å². The number of hydrogen-bond donors (Lipinski definition) is 2. The molecule has 0 saturated heterocycles. The molecule has 0 aliphatic heterocycles. The topological polar surface area (TPSA) is 84.3 Å². The molecular weight excluding hydrogens is 338 g/mol. The van der Waals surface area contributed by atoms with Gasteiger partial charge in [0.2, 0.25) is 0 Å². The number of carbonyl (C=O) groups is 1. The van der Waals surface area contributed by atoms with Crippen molar-refractivity contribution in [1.82, 2.24) is 0 Å². The molecule has 0 spiro atoms. The molecule has 2 aromatic rings. The van der Waals surface area contributed by atoms with Crippen LogP contribution in [0, 0.1) is 17.0 Å². The number of nitro benzene ring substituents is 1. The number of non-ortho nitro benzene ring substituents is 1. The van der Waals surface area contributed by atoms with Crippen LogP contribution in [0.25, 0.3) is 0 Å². The summed E-state index contributed by atoms with van der Waals surface area (Å²) in [6.07, 6.45) is 0. The maximum absolute atomic E-state index is 11.8. The van der Waals surface area contributed by atoms with Crippen LogP contribution in [0.3, 0.4) is 0 Å². The van der Waals surface area contributed by atoms with E-state index in [1.807, 2.05) is 19.1 Å². The summed E-state index contributed by atoms with van der Waals surface area (Å²) in [6, 6.07) is 10.7. The molecule has 0 unspecified atom stereocenters. The molecule has 108 valence electrons. The highest BCUT2D eigenvalue weighted by Gasteiger charge is 2.07. The third-order valence-electron chi connectivity index (χ3n) is 2.75. The zero-order valence-electron chi connectivity index (χ0n) is 11.1. The number of benzene rings is 2. The first-order valence-corrected chi connectivity index (χ1v) is 6.83. The molecule has 7 heteroatoms. The molecule has 0 fully saturated rings. The van der Waals surface area contributed by atoms with Gasteiger partial charge in [-0.3, -0.25) is 10.1 Å². The number of nitrogens with one attached hydrogen (secondary N) is 2. The first kappa shape index (κ1) is 15.0. The molecule has 6 nitrogen and oxygen atoms in total. The number of nitrogens with zero attached hydrogens (tertiary/aromatic N) is 1. The van der Waals surface area contributed by atoms with Crippen LogP contribution in [0.15, 0.2) is 46.9 Å². The highest BCUT2D eigenvalue weighted by molar-refractivity contribution is 9.10. The maximum atomic E-state index is 11.8. The fraction of sp³-hybridized carbons (Fsp3) is 0.0714. The minimum absolute atomic E-state index is 0.0236. The van der Waals surface area contributed by atoms with Crippen molar-refractivity contribution in [2.24, 2.45) is 0 Å². The molecule has 0 heterocycles. The first-order chi connectivity index (χ1) is 9.95. The van der Waals surface area contributed by atoms with Crippen LogP contribution in [0.4, 0.5) is 21.9 Å². The van der Waals surface area contributed by atoms with Gasteiger partial charge < -0.3 is 10.6 Å². The average Bonchev–Trinajstić information content (AvgIpc) is 2.43. The van der Waals surface area contributed by atoms with Crippen molar-refractivity contribution >= 4 is 39.0 Å². The zero-order chi connectivity index (χ0) is 15.4. The van der Waals surface area contributed by atoms with Gasteiger partial charge in [0.05, 0.1) is 4.92 Å². The van der Waals surface area contributed by atoms with Gasteiger partial charge in [-0.1, -0.05) is 15.9 Å². The Kier molecular flexibility index (Phi) is 4.54. The third-order valence-corrected chi connectivity index (χ3v) is 3.64. The van der Waals surface area contributed by atoms with Gasteiger partial charge in [-0.15, -0.1) is 0 Å². The number of hydrogen-bond acceptors (Lipinski definition) is 3. The maximum Gasteiger partial charge on any atom is 0.323 e. The van der Waals surface area contributed by atoms with Crippen molar-refractivity contribution < 1.29 is 9.72 Å². The standard InChI is InChI=1S/C14H12BrN3O3/c1-9-8-11(4-7-13(9)15)17-14(19)16-10-2-5-12(6-3-10)18(20)21/h2-8H,1H3,(H2,16,17,19). The van der Waals surface area contributed by atoms with E-state index in [1.165, 1.54) is 24.3 Å². The molecule has 0 bridgehead atoms. The van der Waals surface area contributed by atoms with Crippen molar-refractivity contribution in [1.29, 1.82) is 0 Å². The summed E-state index contributed by atoms with van der Waals surface area (Å²) in [4.78, 5) is 21.9. The van der Waals surface area contributed by atoms with E-state index >= 15 is 0 Å². The second-order valence-electron chi connectivity index (χ2n) is 4.35. The molecular formula is C14H12BrN3O3. The highest BCUT2D eigenvalue weighted by Crippen LogP contribution is 2.20. The second-order valence-corrected chi connectivity index (χ2v) is 5.20. The minimum Gasteiger partial charge on any atom is -0.308 e. The lowest BCUT2D eigenvalue weighted by molar-refractivity contribution is -0.384. The lowest BCUT2D eigenvalue weighted by atomic mass is 10.2. The zero-order valence-corrected chi connectivity index (χ0v) is 12.7. The molecule has 0 aromatic heterocycles. The Labute approximate surface area is 129 Å². The second kappa shape index (κ2) is 6.36. The van der Waals surface area contributed by atoms with E-state index in [1.54, 1.807) is 6.07 Å². The molecule has 2 rings (SSSR count). The number of urea groups is 1. The summed E-state index contributed by atoms with van der Waals surface area (Å²) in [6.45, 7) is 1.92. The van der Waals surface area contributed by atoms with Gasteiger partial charge in [0.15, 0.2) is 0 Å². The SMILES string of the molecule is Cc1cc(NC(=O)Nc2ccc([N+](=O)[O-])cc2)ccc1Br. The average molecular weight is 350 g/mol. The van der Waals surface area contributed by atoms with Crippen LogP contribution in [0.5, 0.6) is 0 Å². The van der Waals surface area contributed by atoms with Gasteiger partial charge in [0, 0.05) is 28.0 Å². The summed E-state index contributed by atoms with van der Waals surface area (Å²) in [5, 5.41) is 15.8. The molecule has 0 saturated carbocycles. The van der Waals surface area contributed by atoms with Crippen molar-refractivity contribution in [3.05, 3.63) is 62.6 Å². The lowest BCUT2D eigenvalue weighted by Gasteiger charge is -2.08. The van der Waals surface area contributed by atoms with Gasteiger partial charge in [-0.25, -0.2) is 4.79 Å². The molecule has 2 N–H and O–H groups in total. The summed E-state index contributed by atoms with van der Waals surface area (Å²) in [5.41, 5.74) is 2.12.